The third-order valence-corrected chi connectivity index (χ3v) is 3.86. The number of nitrogens with one attached hydrogen (secondary N) is 2. The number of carbonyl (C=O) groups excluding carboxylic acids is 4. The van der Waals surface area contributed by atoms with Crippen LogP contribution >= 0.6 is 0 Å². The molecular weight excluding hydrogens is 394 g/mol. The predicted octanol–water partition coefficient (Wildman–Crippen LogP) is 0.714. The Morgan fingerprint density at radius 3 is 2.13 bits per heavy atom. The van der Waals surface area contributed by atoms with Crippen LogP contribution in [0.15, 0.2) is 42.5 Å². The molecule has 3 amide bonds. The molecule has 0 heterocycles. The summed E-state index contributed by atoms with van der Waals surface area (Å²) in [6, 6.07) is 10.4. The summed E-state index contributed by atoms with van der Waals surface area (Å²) in [6.07, 6.45) is 0. The lowest BCUT2D eigenvalue weighted by atomic mass is 10.2. The molecule has 30 heavy (non-hydrogen) atoms. The quantitative estimate of drug-likeness (QED) is 0.511. The Kier molecular flexibility index (Phi) is 7.74. The molecule has 10 nitrogen and oxygen atoms in total. The van der Waals surface area contributed by atoms with Gasteiger partial charge in [-0.25, -0.2) is 0 Å². The minimum Gasteiger partial charge on any atom is -0.493 e. The van der Waals surface area contributed by atoms with Crippen LogP contribution in [0.4, 0.5) is 5.69 Å². The number of hydrogen-bond acceptors (Lipinski definition) is 7. The molecule has 0 aliphatic carbocycles. The fraction of sp³-hybridized carbons (Fsp3) is 0.200. The van der Waals surface area contributed by atoms with Crippen LogP contribution < -0.4 is 25.8 Å². The van der Waals surface area contributed by atoms with E-state index < -0.39 is 36.8 Å². The Balaban J connectivity index is 1.78. The van der Waals surface area contributed by atoms with E-state index >= 15 is 0 Å². The van der Waals surface area contributed by atoms with Gasteiger partial charge < -0.3 is 30.6 Å². The number of nitrogens with two attached hydrogens (primary N) is 1. The van der Waals surface area contributed by atoms with Crippen LogP contribution in [0, 0.1) is 0 Å². The maximum absolute atomic E-state index is 12.1. The highest BCUT2D eigenvalue weighted by Crippen LogP contribution is 2.27. The SMILES string of the molecule is COc1ccc(C(=O)NCC(=O)OCC(=O)Nc2ccc(C(N)=O)cc2)cc1OC. The van der Waals surface area contributed by atoms with Crippen molar-refractivity contribution < 1.29 is 33.4 Å². The van der Waals surface area contributed by atoms with Crippen molar-refractivity contribution in [2.45, 2.75) is 0 Å². The second-order valence-corrected chi connectivity index (χ2v) is 5.90. The van der Waals surface area contributed by atoms with E-state index in [4.69, 9.17) is 19.9 Å². The average molecular weight is 415 g/mol. The summed E-state index contributed by atoms with van der Waals surface area (Å²) in [5.41, 5.74) is 6.10. The zero-order chi connectivity index (χ0) is 22.1. The number of primary amides is 1. The van der Waals surface area contributed by atoms with Crippen LogP contribution in [0.25, 0.3) is 0 Å². The lowest BCUT2D eigenvalue weighted by molar-refractivity contribution is -0.146. The fourth-order valence-corrected chi connectivity index (χ4v) is 2.34. The Labute approximate surface area is 172 Å². The highest BCUT2D eigenvalue weighted by molar-refractivity contribution is 5.97. The van der Waals surface area contributed by atoms with Crippen molar-refractivity contribution >= 4 is 29.4 Å². The molecule has 0 saturated heterocycles. The third kappa shape index (κ3) is 6.23. The van der Waals surface area contributed by atoms with Crippen LogP contribution in [-0.2, 0) is 14.3 Å². The molecule has 0 bridgehead atoms. The molecule has 0 aliphatic heterocycles. The molecule has 158 valence electrons. The monoisotopic (exact) mass is 415 g/mol. The van der Waals surface area contributed by atoms with Crippen molar-refractivity contribution in [3.8, 4) is 11.5 Å². The Hall–Kier alpha value is -4.08. The van der Waals surface area contributed by atoms with Crippen molar-refractivity contribution in [2.75, 3.05) is 32.7 Å². The first-order valence-corrected chi connectivity index (χ1v) is 8.69. The van der Waals surface area contributed by atoms with Gasteiger partial charge in [0.1, 0.15) is 6.54 Å². The lowest BCUT2D eigenvalue weighted by Gasteiger charge is -2.10. The second-order valence-electron chi connectivity index (χ2n) is 5.90. The normalized spacial score (nSPS) is 9.93. The molecule has 0 aromatic heterocycles. The molecule has 0 aliphatic rings. The first-order chi connectivity index (χ1) is 14.3. The van der Waals surface area contributed by atoms with E-state index in [9.17, 15) is 19.2 Å². The maximum atomic E-state index is 12.1. The topological polar surface area (TPSA) is 146 Å². The smallest absolute Gasteiger partial charge is 0.325 e. The number of esters is 1. The lowest BCUT2D eigenvalue weighted by Crippen LogP contribution is -2.32. The van der Waals surface area contributed by atoms with Gasteiger partial charge in [-0.05, 0) is 42.5 Å². The minimum atomic E-state index is -0.789. The van der Waals surface area contributed by atoms with Crippen molar-refractivity contribution in [1.29, 1.82) is 0 Å². The van der Waals surface area contributed by atoms with Gasteiger partial charge in [0.15, 0.2) is 18.1 Å². The molecule has 10 heteroatoms. The molecule has 4 N–H and O–H groups in total. The number of ether oxygens (including phenoxy) is 3. The van der Waals surface area contributed by atoms with E-state index in [1.54, 1.807) is 6.07 Å². The Morgan fingerprint density at radius 2 is 1.53 bits per heavy atom. The van der Waals surface area contributed by atoms with Crippen LogP contribution in [0.2, 0.25) is 0 Å². The molecule has 0 atom stereocenters. The van der Waals surface area contributed by atoms with Crippen molar-refractivity contribution in [3.63, 3.8) is 0 Å². The summed E-state index contributed by atoms with van der Waals surface area (Å²) >= 11 is 0. The summed E-state index contributed by atoms with van der Waals surface area (Å²) in [6.45, 7) is -0.962. The number of rotatable bonds is 9. The predicted molar refractivity (Wildman–Crippen MR) is 106 cm³/mol. The van der Waals surface area contributed by atoms with E-state index in [1.807, 2.05) is 0 Å². The number of carbonyl (C=O) groups is 4. The molecule has 0 unspecified atom stereocenters. The van der Waals surface area contributed by atoms with Crippen LogP contribution in [0.1, 0.15) is 20.7 Å². The van der Waals surface area contributed by atoms with Crippen LogP contribution in [0.5, 0.6) is 11.5 Å². The highest BCUT2D eigenvalue weighted by Gasteiger charge is 2.13. The fourth-order valence-electron chi connectivity index (χ4n) is 2.34. The Bertz CT molecular complexity index is 942. The molecular formula is C20H21N3O7. The third-order valence-electron chi connectivity index (χ3n) is 3.86. The molecule has 0 fully saturated rings. The van der Waals surface area contributed by atoms with E-state index in [0.717, 1.165) is 0 Å². The van der Waals surface area contributed by atoms with Gasteiger partial charge in [0.2, 0.25) is 5.91 Å². The number of amides is 3. The zero-order valence-electron chi connectivity index (χ0n) is 16.4. The highest BCUT2D eigenvalue weighted by atomic mass is 16.5. The first-order valence-electron chi connectivity index (χ1n) is 8.69. The van der Waals surface area contributed by atoms with Crippen LogP contribution in [0.3, 0.4) is 0 Å². The van der Waals surface area contributed by atoms with Crippen molar-refractivity contribution in [3.05, 3.63) is 53.6 Å². The number of methoxy groups -OCH3 is 2. The second kappa shape index (κ2) is 10.5. The van der Waals surface area contributed by atoms with E-state index in [0.29, 0.717) is 22.7 Å². The van der Waals surface area contributed by atoms with Gasteiger partial charge in [-0.1, -0.05) is 0 Å². The summed E-state index contributed by atoms with van der Waals surface area (Å²) in [5.74, 6) is -1.65. The van der Waals surface area contributed by atoms with Gasteiger partial charge in [-0.15, -0.1) is 0 Å². The molecule has 0 saturated carbocycles. The molecule has 0 radical (unpaired) electrons. The van der Waals surface area contributed by atoms with Gasteiger partial charge in [-0.3, -0.25) is 19.2 Å². The van der Waals surface area contributed by atoms with Gasteiger partial charge in [0, 0.05) is 16.8 Å². The number of anilines is 1. The summed E-state index contributed by atoms with van der Waals surface area (Å²) < 4.78 is 15.0. The summed E-state index contributed by atoms with van der Waals surface area (Å²) in [7, 11) is 2.91. The van der Waals surface area contributed by atoms with Gasteiger partial charge in [0.25, 0.3) is 11.8 Å². The van der Waals surface area contributed by atoms with E-state index in [2.05, 4.69) is 10.6 Å². The van der Waals surface area contributed by atoms with Crippen molar-refractivity contribution in [2.24, 2.45) is 5.73 Å². The first kappa shape index (κ1) is 22.2. The average Bonchev–Trinajstić information content (AvgIpc) is 2.75. The van der Waals surface area contributed by atoms with Gasteiger partial charge in [-0.2, -0.15) is 0 Å². The molecule has 0 spiro atoms. The zero-order valence-corrected chi connectivity index (χ0v) is 16.4. The van der Waals surface area contributed by atoms with Gasteiger partial charge >= 0.3 is 5.97 Å². The largest absolute Gasteiger partial charge is 0.493 e. The molecule has 2 rings (SSSR count). The van der Waals surface area contributed by atoms with E-state index in [1.165, 1.54) is 50.6 Å². The standard InChI is InChI=1S/C20H21N3O7/c1-28-15-8-5-13(9-16(15)29-2)20(27)22-10-18(25)30-11-17(24)23-14-6-3-12(4-7-14)19(21)26/h3-9H,10-11H2,1-2H3,(H2,21,26)(H,22,27)(H,23,24). The van der Waals surface area contributed by atoms with Crippen LogP contribution in [-0.4, -0.2) is 51.1 Å². The minimum absolute atomic E-state index is 0.262. The number of hydrogen-bond donors (Lipinski definition) is 3. The molecule has 2 aromatic carbocycles. The van der Waals surface area contributed by atoms with Crippen molar-refractivity contribution in [1.82, 2.24) is 5.32 Å². The molecule has 2 aromatic rings. The summed E-state index contributed by atoms with van der Waals surface area (Å²) in [4.78, 5) is 46.8. The summed E-state index contributed by atoms with van der Waals surface area (Å²) in [5, 5.41) is 4.89. The Morgan fingerprint density at radius 1 is 0.900 bits per heavy atom. The number of benzene rings is 2. The van der Waals surface area contributed by atoms with E-state index in [-0.39, 0.29) is 5.56 Å². The maximum Gasteiger partial charge on any atom is 0.325 e. The van der Waals surface area contributed by atoms with Gasteiger partial charge in [0.05, 0.1) is 14.2 Å².